The third kappa shape index (κ3) is 1.80. The van der Waals surface area contributed by atoms with Crippen LogP contribution in [-0.2, 0) is 6.42 Å². The fraction of sp³-hybridized carbons (Fsp3) is 0.727. The van der Waals surface area contributed by atoms with E-state index in [2.05, 4.69) is 11.9 Å². The fourth-order valence-corrected chi connectivity index (χ4v) is 2.44. The van der Waals surface area contributed by atoms with Crippen molar-refractivity contribution in [3.05, 3.63) is 11.5 Å². The zero-order valence-electron chi connectivity index (χ0n) is 9.37. The molecule has 1 aliphatic rings. The predicted molar refractivity (Wildman–Crippen MR) is 62.0 cm³/mol. The van der Waals surface area contributed by atoms with E-state index < -0.39 is 0 Å². The van der Waals surface area contributed by atoms with Gasteiger partial charge in [-0.05, 0) is 12.8 Å². The first-order chi connectivity index (χ1) is 7.24. The number of hydrogen-bond acceptors (Lipinski definition) is 3. The molecule has 84 valence electrons. The van der Waals surface area contributed by atoms with Gasteiger partial charge in [-0.25, -0.2) is 9.66 Å². The second kappa shape index (κ2) is 4.13. The normalized spacial score (nSPS) is 18.2. The summed E-state index contributed by atoms with van der Waals surface area (Å²) in [5.74, 6) is 7.95. The molecule has 15 heavy (non-hydrogen) atoms. The van der Waals surface area contributed by atoms with E-state index in [4.69, 9.17) is 11.6 Å². The van der Waals surface area contributed by atoms with E-state index in [1.807, 2.05) is 0 Å². The Hall–Kier alpha value is -1.19. The van der Waals surface area contributed by atoms with Gasteiger partial charge in [0.15, 0.2) is 0 Å². The molecule has 0 saturated heterocycles. The van der Waals surface area contributed by atoms with E-state index in [0.717, 1.165) is 17.9 Å². The van der Waals surface area contributed by atoms with Gasteiger partial charge in [-0.3, -0.25) is 0 Å². The molecule has 0 aliphatic heterocycles. The summed E-state index contributed by atoms with van der Waals surface area (Å²) in [7, 11) is 0. The average Bonchev–Trinajstić information content (AvgIpc) is 2.57. The molecule has 0 bridgehead atoms. The molecule has 1 heterocycles. The third-order valence-corrected chi connectivity index (χ3v) is 3.36. The van der Waals surface area contributed by atoms with Gasteiger partial charge in [-0.1, -0.05) is 26.2 Å². The lowest BCUT2D eigenvalue weighted by atomic mass is 9.87. The van der Waals surface area contributed by atoms with Gasteiger partial charge in [-0.2, -0.15) is 0 Å². The van der Waals surface area contributed by atoms with Crippen LogP contribution in [0.1, 0.15) is 56.5 Å². The van der Waals surface area contributed by atoms with Crippen molar-refractivity contribution in [2.24, 2.45) is 0 Å². The third-order valence-electron chi connectivity index (χ3n) is 3.36. The zero-order valence-corrected chi connectivity index (χ0v) is 9.37. The van der Waals surface area contributed by atoms with Gasteiger partial charge in [0.25, 0.3) is 0 Å². The van der Waals surface area contributed by atoms with E-state index in [-0.39, 0.29) is 0 Å². The van der Waals surface area contributed by atoms with Crippen LogP contribution in [0.2, 0.25) is 0 Å². The SMILES string of the molecule is CCc1nc(C2CCCCC2)c(N)n1N. The minimum Gasteiger partial charge on any atom is -0.382 e. The number of nitrogens with two attached hydrogens (primary N) is 2. The minimum absolute atomic E-state index is 0.536. The summed E-state index contributed by atoms with van der Waals surface area (Å²) >= 11 is 0. The van der Waals surface area contributed by atoms with Crippen molar-refractivity contribution in [1.29, 1.82) is 0 Å². The van der Waals surface area contributed by atoms with E-state index in [1.165, 1.54) is 32.1 Å². The predicted octanol–water partition coefficient (Wildman–Crippen LogP) is 1.79. The first-order valence-electron chi connectivity index (χ1n) is 5.86. The van der Waals surface area contributed by atoms with Crippen molar-refractivity contribution in [1.82, 2.24) is 9.66 Å². The van der Waals surface area contributed by atoms with Crippen LogP contribution in [0.5, 0.6) is 0 Å². The molecule has 4 heteroatoms. The van der Waals surface area contributed by atoms with Gasteiger partial charge in [0.2, 0.25) is 0 Å². The molecule has 0 amide bonds. The summed E-state index contributed by atoms with van der Waals surface area (Å²) < 4.78 is 1.55. The Kier molecular flexibility index (Phi) is 2.84. The van der Waals surface area contributed by atoms with Crippen LogP contribution in [0.3, 0.4) is 0 Å². The molecule has 1 saturated carbocycles. The van der Waals surface area contributed by atoms with Crippen LogP contribution in [0, 0.1) is 0 Å². The number of hydrogen-bond donors (Lipinski definition) is 2. The Morgan fingerprint density at radius 3 is 2.53 bits per heavy atom. The number of nitrogen functional groups attached to an aromatic ring is 2. The molecular weight excluding hydrogens is 188 g/mol. The van der Waals surface area contributed by atoms with Gasteiger partial charge in [0.1, 0.15) is 11.6 Å². The minimum atomic E-state index is 0.536. The van der Waals surface area contributed by atoms with Gasteiger partial charge in [-0.15, -0.1) is 0 Å². The highest BCUT2D eigenvalue weighted by atomic mass is 15.4. The molecule has 0 atom stereocenters. The van der Waals surface area contributed by atoms with Crippen molar-refractivity contribution in [2.75, 3.05) is 11.6 Å². The maximum atomic E-state index is 5.99. The Morgan fingerprint density at radius 2 is 2.00 bits per heavy atom. The number of aromatic nitrogens is 2. The number of nitrogens with zero attached hydrogens (tertiary/aromatic N) is 2. The van der Waals surface area contributed by atoms with Crippen LogP contribution in [-0.4, -0.2) is 9.66 Å². The lowest BCUT2D eigenvalue weighted by molar-refractivity contribution is 0.438. The second-order valence-electron chi connectivity index (χ2n) is 4.36. The highest BCUT2D eigenvalue weighted by Crippen LogP contribution is 2.34. The zero-order chi connectivity index (χ0) is 10.8. The molecule has 4 N–H and O–H groups in total. The van der Waals surface area contributed by atoms with E-state index in [0.29, 0.717) is 11.7 Å². The standard InChI is InChI=1S/C11H20N4/c1-2-9-14-10(11(12)15(9)13)8-6-4-3-5-7-8/h8H,2-7,12-13H2,1H3. The smallest absolute Gasteiger partial charge is 0.146 e. The van der Waals surface area contributed by atoms with Crippen molar-refractivity contribution >= 4 is 5.82 Å². The molecule has 0 unspecified atom stereocenters. The van der Waals surface area contributed by atoms with Crippen LogP contribution >= 0.6 is 0 Å². The topological polar surface area (TPSA) is 69.9 Å². The summed E-state index contributed by atoms with van der Waals surface area (Å²) in [6.07, 6.45) is 7.20. The number of rotatable bonds is 2. The number of aryl methyl sites for hydroxylation is 1. The molecule has 0 radical (unpaired) electrons. The second-order valence-corrected chi connectivity index (χ2v) is 4.36. The Morgan fingerprint density at radius 1 is 1.33 bits per heavy atom. The molecule has 1 aliphatic carbocycles. The van der Waals surface area contributed by atoms with Gasteiger partial charge >= 0.3 is 0 Å². The van der Waals surface area contributed by atoms with E-state index in [9.17, 15) is 0 Å². The number of imidazole rings is 1. The first-order valence-corrected chi connectivity index (χ1v) is 5.86. The highest BCUT2D eigenvalue weighted by molar-refractivity contribution is 5.40. The van der Waals surface area contributed by atoms with Crippen LogP contribution < -0.4 is 11.6 Å². The largest absolute Gasteiger partial charge is 0.382 e. The lowest BCUT2D eigenvalue weighted by Gasteiger charge is -2.20. The number of anilines is 1. The van der Waals surface area contributed by atoms with Gasteiger partial charge < -0.3 is 11.6 Å². The average molecular weight is 208 g/mol. The Bertz CT molecular complexity index is 337. The molecule has 4 nitrogen and oxygen atoms in total. The monoisotopic (exact) mass is 208 g/mol. The van der Waals surface area contributed by atoms with Gasteiger partial charge in [0, 0.05) is 12.3 Å². The lowest BCUT2D eigenvalue weighted by Crippen LogP contribution is -2.15. The van der Waals surface area contributed by atoms with Crippen molar-refractivity contribution in [2.45, 2.75) is 51.4 Å². The summed E-state index contributed by atoms with van der Waals surface area (Å²) in [4.78, 5) is 4.56. The molecule has 1 aromatic rings. The van der Waals surface area contributed by atoms with Gasteiger partial charge in [0.05, 0.1) is 5.69 Å². The van der Waals surface area contributed by atoms with E-state index in [1.54, 1.807) is 4.68 Å². The van der Waals surface area contributed by atoms with Crippen molar-refractivity contribution in [3.63, 3.8) is 0 Å². The van der Waals surface area contributed by atoms with Crippen LogP contribution in [0.25, 0.3) is 0 Å². The molecular formula is C11H20N4. The Balaban J connectivity index is 2.26. The summed E-state index contributed by atoms with van der Waals surface area (Å²) in [6.45, 7) is 2.05. The van der Waals surface area contributed by atoms with Crippen LogP contribution in [0.15, 0.2) is 0 Å². The van der Waals surface area contributed by atoms with Crippen LogP contribution in [0.4, 0.5) is 5.82 Å². The summed E-state index contributed by atoms with van der Waals surface area (Å²) in [5, 5.41) is 0. The van der Waals surface area contributed by atoms with Crippen molar-refractivity contribution < 1.29 is 0 Å². The first kappa shape index (κ1) is 10.3. The molecule has 1 aromatic heterocycles. The Labute approximate surface area is 90.6 Å². The quantitative estimate of drug-likeness (QED) is 0.728. The molecule has 2 rings (SSSR count). The summed E-state index contributed by atoms with van der Waals surface area (Å²) in [5.41, 5.74) is 7.02. The maximum Gasteiger partial charge on any atom is 0.146 e. The summed E-state index contributed by atoms with van der Waals surface area (Å²) in [6, 6.07) is 0. The van der Waals surface area contributed by atoms with Crippen molar-refractivity contribution in [3.8, 4) is 0 Å². The maximum absolute atomic E-state index is 5.99. The highest BCUT2D eigenvalue weighted by Gasteiger charge is 2.22. The molecule has 1 fully saturated rings. The fourth-order valence-electron chi connectivity index (χ4n) is 2.44. The molecule has 0 spiro atoms. The molecule has 0 aromatic carbocycles. The van der Waals surface area contributed by atoms with E-state index >= 15 is 0 Å².